The molecule has 84 valence electrons. The summed E-state index contributed by atoms with van der Waals surface area (Å²) in [6, 6.07) is 8.57. The van der Waals surface area contributed by atoms with Crippen LogP contribution in [0.5, 0.6) is 0 Å². The topological polar surface area (TPSA) is 20.2 Å². The Morgan fingerprint density at radius 2 is 2.19 bits per heavy atom. The molecule has 1 unspecified atom stereocenters. The molecule has 0 fully saturated rings. The lowest BCUT2D eigenvalue weighted by molar-refractivity contribution is 0.174. The Morgan fingerprint density at radius 3 is 2.81 bits per heavy atom. The Bertz CT molecular complexity index is 470. The Hall–Kier alpha value is -0.710. The van der Waals surface area contributed by atoms with Crippen molar-refractivity contribution in [1.82, 2.24) is 0 Å². The molecular weight excluding hydrogens is 291 g/mol. The van der Waals surface area contributed by atoms with Crippen LogP contribution in [0.3, 0.4) is 0 Å². The van der Waals surface area contributed by atoms with Crippen molar-refractivity contribution in [3.05, 3.63) is 56.4 Å². The third-order valence-electron chi connectivity index (χ3n) is 2.30. The predicted octanol–water partition coefficient (Wildman–Crippen LogP) is 3.93. The van der Waals surface area contributed by atoms with Crippen LogP contribution in [0.2, 0.25) is 0 Å². The molecule has 1 heterocycles. The molecule has 0 spiro atoms. The number of aliphatic hydroxyl groups excluding tert-OH is 1. The van der Waals surface area contributed by atoms with Crippen molar-refractivity contribution in [1.29, 1.82) is 0 Å². The van der Waals surface area contributed by atoms with E-state index >= 15 is 0 Å². The maximum atomic E-state index is 13.5. The van der Waals surface area contributed by atoms with E-state index in [-0.39, 0.29) is 5.82 Å². The minimum atomic E-state index is -0.785. The van der Waals surface area contributed by atoms with Gasteiger partial charge in [0.2, 0.25) is 0 Å². The van der Waals surface area contributed by atoms with Gasteiger partial charge in [0.1, 0.15) is 5.82 Å². The standard InChI is InChI=1S/C12H10BrFOS/c13-8-3-4-10(11(14)6-8)12(15)7-9-2-1-5-16-9/h1-6,12,15H,7H2. The minimum Gasteiger partial charge on any atom is -0.388 e. The first-order valence-corrected chi connectivity index (χ1v) is 6.49. The molecule has 0 saturated carbocycles. The largest absolute Gasteiger partial charge is 0.388 e. The fraction of sp³-hybridized carbons (Fsp3) is 0.167. The lowest BCUT2D eigenvalue weighted by Gasteiger charge is -2.10. The third-order valence-corrected chi connectivity index (χ3v) is 3.69. The van der Waals surface area contributed by atoms with Crippen molar-refractivity contribution in [3.63, 3.8) is 0 Å². The van der Waals surface area contributed by atoms with E-state index in [1.165, 1.54) is 6.07 Å². The third kappa shape index (κ3) is 2.70. The fourth-order valence-electron chi connectivity index (χ4n) is 1.50. The van der Waals surface area contributed by atoms with Gasteiger partial charge in [0.25, 0.3) is 0 Å². The summed E-state index contributed by atoms with van der Waals surface area (Å²) in [6.07, 6.45) is -0.331. The SMILES string of the molecule is OC(Cc1cccs1)c1ccc(Br)cc1F. The Balaban J connectivity index is 2.17. The molecule has 1 aromatic heterocycles. The molecule has 1 N–H and O–H groups in total. The summed E-state index contributed by atoms with van der Waals surface area (Å²) in [5.41, 5.74) is 0.344. The van der Waals surface area contributed by atoms with E-state index in [4.69, 9.17) is 0 Å². The van der Waals surface area contributed by atoms with Crippen LogP contribution in [0.1, 0.15) is 16.5 Å². The zero-order valence-electron chi connectivity index (χ0n) is 8.36. The predicted molar refractivity (Wildman–Crippen MR) is 67.1 cm³/mol. The second-order valence-electron chi connectivity index (χ2n) is 3.47. The van der Waals surface area contributed by atoms with Gasteiger partial charge in [0.05, 0.1) is 6.10 Å². The van der Waals surface area contributed by atoms with E-state index in [2.05, 4.69) is 15.9 Å². The van der Waals surface area contributed by atoms with E-state index in [9.17, 15) is 9.50 Å². The normalized spacial score (nSPS) is 12.7. The van der Waals surface area contributed by atoms with Crippen LogP contribution in [-0.2, 0) is 6.42 Å². The van der Waals surface area contributed by atoms with Crippen molar-refractivity contribution < 1.29 is 9.50 Å². The lowest BCUT2D eigenvalue weighted by atomic mass is 10.1. The van der Waals surface area contributed by atoms with E-state index in [1.807, 2.05) is 17.5 Å². The molecule has 0 amide bonds. The van der Waals surface area contributed by atoms with Gasteiger partial charge in [-0.1, -0.05) is 28.1 Å². The molecule has 0 saturated heterocycles. The molecule has 0 aliphatic heterocycles. The highest BCUT2D eigenvalue weighted by Crippen LogP contribution is 2.25. The monoisotopic (exact) mass is 300 g/mol. The molecule has 0 radical (unpaired) electrons. The van der Waals surface area contributed by atoms with Crippen LogP contribution < -0.4 is 0 Å². The zero-order chi connectivity index (χ0) is 11.5. The van der Waals surface area contributed by atoms with Crippen LogP contribution in [-0.4, -0.2) is 5.11 Å². The number of thiophene rings is 1. The number of halogens is 2. The zero-order valence-corrected chi connectivity index (χ0v) is 10.8. The molecule has 0 aliphatic carbocycles. The van der Waals surface area contributed by atoms with Crippen LogP contribution in [0, 0.1) is 5.82 Å². The highest BCUT2D eigenvalue weighted by atomic mass is 79.9. The molecule has 0 aliphatic rings. The van der Waals surface area contributed by atoms with Crippen molar-refractivity contribution in [3.8, 4) is 0 Å². The van der Waals surface area contributed by atoms with Gasteiger partial charge in [-0.3, -0.25) is 0 Å². The Labute approximate surface area is 106 Å². The Kier molecular flexibility index (Phi) is 3.74. The second-order valence-corrected chi connectivity index (χ2v) is 5.41. The molecule has 2 aromatic rings. The molecule has 1 nitrogen and oxygen atoms in total. The van der Waals surface area contributed by atoms with Gasteiger partial charge in [-0.15, -0.1) is 11.3 Å². The van der Waals surface area contributed by atoms with Crippen LogP contribution in [0.25, 0.3) is 0 Å². The second kappa shape index (κ2) is 5.08. The van der Waals surface area contributed by atoms with E-state index in [1.54, 1.807) is 23.5 Å². The summed E-state index contributed by atoms with van der Waals surface area (Å²) in [5.74, 6) is -0.376. The fourth-order valence-corrected chi connectivity index (χ4v) is 2.58. The average molecular weight is 301 g/mol. The molecule has 16 heavy (non-hydrogen) atoms. The first kappa shape index (κ1) is 11.8. The summed E-state index contributed by atoms with van der Waals surface area (Å²) in [4.78, 5) is 1.05. The van der Waals surface area contributed by atoms with Crippen molar-refractivity contribution in [2.75, 3.05) is 0 Å². The molecule has 1 aromatic carbocycles. The van der Waals surface area contributed by atoms with Gasteiger partial charge < -0.3 is 5.11 Å². The van der Waals surface area contributed by atoms with Gasteiger partial charge in [-0.25, -0.2) is 4.39 Å². The summed E-state index contributed by atoms with van der Waals surface area (Å²) in [6.45, 7) is 0. The lowest BCUT2D eigenvalue weighted by Crippen LogP contribution is -2.03. The number of hydrogen-bond donors (Lipinski definition) is 1. The minimum absolute atomic E-state index is 0.344. The van der Waals surface area contributed by atoms with Crippen molar-refractivity contribution in [2.45, 2.75) is 12.5 Å². The maximum Gasteiger partial charge on any atom is 0.130 e. The molecule has 1 atom stereocenters. The smallest absolute Gasteiger partial charge is 0.130 e. The van der Waals surface area contributed by atoms with Crippen LogP contribution in [0.4, 0.5) is 4.39 Å². The van der Waals surface area contributed by atoms with Crippen molar-refractivity contribution in [2.24, 2.45) is 0 Å². The number of hydrogen-bond acceptors (Lipinski definition) is 2. The molecule has 2 rings (SSSR count). The number of benzene rings is 1. The molecule has 4 heteroatoms. The van der Waals surface area contributed by atoms with Crippen LogP contribution in [0.15, 0.2) is 40.2 Å². The van der Waals surface area contributed by atoms with E-state index < -0.39 is 6.10 Å². The highest BCUT2D eigenvalue weighted by molar-refractivity contribution is 9.10. The first-order valence-electron chi connectivity index (χ1n) is 4.82. The first-order chi connectivity index (χ1) is 7.66. The van der Waals surface area contributed by atoms with Gasteiger partial charge >= 0.3 is 0 Å². The maximum absolute atomic E-state index is 13.5. The highest BCUT2D eigenvalue weighted by Gasteiger charge is 2.13. The van der Waals surface area contributed by atoms with Gasteiger partial charge in [0, 0.05) is 21.3 Å². The summed E-state index contributed by atoms with van der Waals surface area (Å²) in [7, 11) is 0. The summed E-state index contributed by atoms with van der Waals surface area (Å²) < 4.78 is 14.2. The molecular formula is C12H10BrFOS. The molecule has 0 bridgehead atoms. The van der Waals surface area contributed by atoms with Gasteiger partial charge in [0.15, 0.2) is 0 Å². The van der Waals surface area contributed by atoms with Gasteiger partial charge in [-0.2, -0.15) is 0 Å². The Morgan fingerprint density at radius 1 is 1.38 bits per heavy atom. The quantitative estimate of drug-likeness (QED) is 0.911. The average Bonchev–Trinajstić information content (AvgIpc) is 2.70. The number of rotatable bonds is 3. The summed E-state index contributed by atoms with van der Waals surface area (Å²) in [5, 5.41) is 11.9. The van der Waals surface area contributed by atoms with E-state index in [0.29, 0.717) is 16.5 Å². The van der Waals surface area contributed by atoms with Crippen LogP contribution >= 0.6 is 27.3 Å². The summed E-state index contributed by atoms with van der Waals surface area (Å²) >= 11 is 4.75. The van der Waals surface area contributed by atoms with Crippen molar-refractivity contribution >= 4 is 27.3 Å². The van der Waals surface area contributed by atoms with E-state index in [0.717, 1.165) is 4.88 Å². The number of aliphatic hydroxyl groups is 1. The van der Waals surface area contributed by atoms with Gasteiger partial charge in [-0.05, 0) is 23.6 Å².